The fraction of sp³-hybridized carbons (Fsp3) is 0.480. The van der Waals surface area contributed by atoms with Crippen LogP contribution in [0.3, 0.4) is 0 Å². The van der Waals surface area contributed by atoms with Crippen LogP contribution in [0.4, 0.5) is 10.1 Å². The molecule has 0 aliphatic carbocycles. The standard InChI is InChI=1S/C25H30ClFN2O6/c1-24(2)16-28(11-9-25(24,31)15-17-5-7-18(27)8-6-17)10-4-12-35-22-14-21(29(32)33)20(26)13-19(22)23(30)34-3/h5-8,13-14,31H,4,9-12,15-16H2,1-3H3. The van der Waals surface area contributed by atoms with Crippen molar-refractivity contribution >= 4 is 23.3 Å². The molecule has 0 saturated carbocycles. The summed E-state index contributed by atoms with van der Waals surface area (Å²) in [6.45, 7) is 6.29. The van der Waals surface area contributed by atoms with Gasteiger partial charge in [-0.05, 0) is 36.6 Å². The number of likely N-dealkylation sites (tertiary alicyclic amines) is 1. The maximum absolute atomic E-state index is 13.2. The van der Waals surface area contributed by atoms with Crippen LogP contribution in [0.5, 0.6) is 5.75 Å². The summed E-state index contributed by atoms with van der Waals surface area (Å²) in [7, 11) is 1.21. The largest absolute Gasteiger partial charge is 0.492 e. The molecule has 10 heteroatoms. The van der Waals surface area contributed by atoms with Crippen molar-refractivity contribution in [3.05, 3.63) is 68.5 Å². The van der Waals surface area contributed by atoms with Gasteiger partial charge in [0.25, 0.3) is 5.69 Å². The third kappa shape index (κ3) is 6.28. The van der Waals surface area contributed by atoms with E-state index in [4.69, 9.17) is 21.1 Å². The third-order valence-corrected chi connectivity index (χ3v) is 6.96. The second kappa shape index (κ2) is 10.9. The normalized spacial score (nSPS) is 19.8. The van der Waals surface area contributed by atoms with Crippen molar-refractivity contribution in [2.24, 2.45) is 5.41 Å². The van der Waals surface area contributed by atoms with Gasteiger partial charge in [-0.1, -0.05) is 37.6 Å². The van der Waals surface area contributed by atoms with E-state index in [1.54, 1.807) is 12.1 Å². The number of nitro benzene ring substituents is 1. The minimum absolute atomic E-state index is 0.0214. The summed E-state index contributed by atoms with van der Waals surface area (Å²) in [5.41, 5.74) is -0.770. The highest BCUT2D eigenvalue weighted by molar-refractivity contribution is 6.33. The summed E-state index contributed by atoms with van der Waals surface area (Å²) in [6.07, 6.45) is 1.61. The van der Waals surface area contributed by atoms with Gasteiger partial charge in [0.15, 0.2) is 0 Å². The van der Waals surface area contributed by atoms with E-state index in [0.29, 0.717) is 38.9 Å². The van der Waals surface area contributed by atoms with E-state index in [0.717, 1.165) is 11.6 Å². The van der Waals surface area contributed by atoms with Gasteiger partial charge in [-0.25, -0.2) is 9.18 Å². The molecule has 0 amide bonds. The first-order valence-electron chi connectivity index (χ1n) is 11.3. The number of methoxy groups -OCH3 is 1. The van der Waals surface area contributed by atoms with Gasteiger partial charge in [0.05, 0.1) is 30.3 Å². The van der Waals surface area contributed by atoms with E-state index < -0.39 is 21.9 Å². The van der Waals surface area contributed by atoms with E-state index in [1.807, 2.05) is 13.8 Å². The number of hydrogen-bond acceptors (Lipinski definition) is 7. The van der Waals surface area contributed by atoms with Crippen molar-refractivity contribution in [3.8, 4) is 5.75 Å². The molecule has 0 bridgehead atoms. The number of esters is 1. The molecule has 190 valence electrons. The monoisotopic (exact) mass is 508 g/mol. The van der Waals surface area contributed by atoms with Crippen LogP contribution >= 0.6 is 11.6 Å². The molecule has 1 unspecified atom stereocenters. The molecule has 2 aromatic rings. The van der Waals surface area contributed by atoms with Crippen LogP contribution in [-0.4, -0.2) is 59.9 Å². The molecule has 1 N–H and O–H groups in total. The van der Waals surface area contributed by atoms with Gasteiger partial charge < -0.3 is 19.5 Å². The third-order valence-electron chi connectivity index (χ3n) is 6.66. The Kier molecular flexibility index (Phi) is 8.35. The summed E-state index contributed by atoms with van der Waals surface area (Å²) in [5, 5.41) is 22.4. The molecule has 1 aliphatic heterocycles. The first-order valence-corrected chi connectivity index (χ1v) is 11.7. The van der Waals surface area contributed by atoms with Gasteiger partial charge in [-0.3, -0.25) is 10.1 Å². The Morgan fingerprint density at radius 3 is 2.57 bits per heavy atom. The van der Waals surface area contributed by atoms with Crippen LogP contribution in [0.2, 0.25) is 5.02 Å². The second-order valence-corrected chi connectivity index (χ2v) is 9.90. The van der Waals surface area contributed by atoms with Gasteiger partial charge in [-0.2, -0.15) is 0 Å². The maximum Gasteiger partial charge on any atom is 0.341 e. The maximum atomic E-state index is 13.2. The molecular formula is C25H30ClFN2O6. The zero-order valence-electron chi connectivity index (χ0n) is 20.1. The van der Waals surface area contributed by atoms with Gasteiger partial charge in [-0.15, -0.1) is 0 Å². The van der Waals surface area contributed by atoms with Crippen LogP contribution in [0.1, 0.15) is 42.6 Å². The molecule has 0 aromatic heterocycles. The Labute approximate surface area is 208 Å². The number of piperidine rings is 1. The average Bonchev–Trinajstić information content (AvgIpc) is 2.80. The van der Waals surface area contributed by atoms with Crippen LogP contribution in [0.15, 0.2) is 36.4 Å². The van der Waals surface area contributed by atoms with E-state index >= 15 is 0 Å². The lowest BCUT2D eigenvalue weighted by molar-refractivity contribution is -0.384. The Bertz CT molecular complexity index is 1080. The van der Waals surface area contributed by atoms with Crippen molar-refractivity contribution in [3.63, 3.8) is 0 Å². The number of nitro groups is 1. The predicted octanol–water partition coefficient (Wildman–Crippen LogP) is 4.65. The quantitative estimate of drug-likeness (QED) is 0.228. The van der Waals surface area contributed by atoms with E-state index in [2.05, 4.69) is 4.90 Å². The number of ether oxygens (including phenoxy) is 2. The molecule has 8 nitrogen and oxygen atoms in total. The van der Waals surface area contributed by atoms with Gasteiger partial charge >= 0.3 is 5.97 Å². The summed E-state index contributed by atoms with van der Waals surface area (Å²) in [6, 6.07) is 8.53. The summed E-state index contributed by atoms with van der Waals surface area (Å²) in [4.78, 5) is 24.8. The van der Waals surface area contributed by atoms with Crippen molar-refractivity contribution < 1.29 is 28.7 Å². The molecule has 1 atom stereocenters. The Morgan fingerprint density at radius 1 is 1.29 bits per heavy atom. The summed E-state index contributed by atoms with van der Waals surface area (Å²) in [5.74, 6) is -0.959. The lowest BCUT2D eigenvalue weighted by Crippen LogP contribution is -2.58. The van der Waals surface area contributed by atoms with Crippen molar-refractivity contribution in [1.82, 2.24) is 4.90 Å². The number of halogens is 2. The lowest BCUT2D eigenvalue weighted by atomic mass is 9.67. The van der Waals surface area contributed by atoms with Crippen molar-refractivity contribution in [1.29, 1.82) is 0 Å². The number of carbonyl (C=O) groups excluding carboxylic acids is 1. The molecule has 3 rings (SSSR count). The Morgan fingerprint density at radius 2 is 1.97 bits per heavy atom. The predicted molar refractivity (Wildman–Crippen MR) is 129 cm³/mol. The molecule has 1 heterocycles. The number of aliphatic hydroxyl groups is 1. The summed E-state index contributed by atoms with van der Waals surface area (Å²) < 4.78 is 23.7. The van der Waals surface area contributed by atoms with Crippen molar-refractivity contribution in [2.75, 3.05) is 33.4 Å². The van der Waals surface area contributed by atoms with E-state index in [1.165, 1.54) is 25.3 Å². The zero-order chi connectivity index (χ0) is 25.8. The highest BCUT2D eigenvalue weighted by Crippen LogP contribution is 2.41. The minimum Gasteiger partial charge on any atom is -0.492 e. The van der Waals surface area contributed by atoms with Gasteiger partial charge in [0, 0.05) is 31.5 Å². The Balaban J connectivity index is 1.58. The average molecular weight is 509 g/mol. The number of carbonyl (C=O) groups is 1. The zero-order valence-corrected chi connectivity index (χ0v) is 20.8. The SMILES string of the molecule is COC(=O)c1cc(Cl)c([N+](=O)[O-])cc1OCCCN1CCC(O)(Cc2ccc(F)cc2)C(C)(C)C1. The summed E-state index contributed by atoms with van der Waals surface area (Å²) >= 11 is 5.92. The van der Waals surface area contributed by atoms with Crippen LogP contribution in [0, 0.1) is 21.3 Å². The van der Waals surface area contributed by atoms with Gasteiger partial charge in [0.1, 0.15) is 22.2 Å². The highest BCUT2D eigenvalue weighted by Gasteiger charge is 2.47. The first kappa shape index (κ1) is 26.8. The van der Waals surface area contributed by atoms with E-state index in [9.17, 15) is 24.4 Å². The van der Waals surface area contributed by atoms with E-state index in [-0.39, 0.29) is 34.4 Å². The molecule has 0 radical (unpaired) electrons. The Hall–Kier alpha value is -2.75. The van der Waals surface area contributed by atoms with Gasteiger partial charge in [0.2, 0.25) is 0 Å². The number of hydrogen-bond donors (Lipinski definition) is 1. The molecule has 1 saturated heterocycles. The highest BCUT2D eigenvalue weighted by atomic mass is 35.5. The molecule has 2 aromatic carbocycles. The second-order valence-electron chi connectivity index (χ2n) is 9.50. The van der Waals surface area contributed by atoms with Crippen LogP contribution in [-0.2, 0) is 11.2 Å². The first-order chi connectivity index (χ1) is 16.5. The number of nitrogens with zero attached hydrogens (tertiary/aromatic N) is 2. The lowest BCUT2D eigenvalue weighted by Gasteiger charge is -2.50. The van der Waals surface area contributed by atoms with Crippen molar-refractivity contribution in [2.45, 2.75) is 38.7 Å². The fourth-order valence-electron chi connectivity index (χ4n) is 4.47. The van der Waals surface area contributed by atoms with Crippen LogP contribution in [0.25, 0.3) is 0 Å². The number of rotatable bonds is 9. The molecule has 35 heavy (non-hydrogen) atoms. The molecule has 0 spiro atoms. The fourth-order valence-corrected chi connectivity index (χ4v) is 4.70. The number of benzene rings is 2. The topological polar surface area (TPSA) is 102 Å². The molecule has 1 aliphatic rings. The smallest absolute Gasteiger partial charge is 0.341 e. The minimum atomic E-state index is -0.921. The molecule has 1 fully saturated rings. The molecular weight excluding hydrogens is 479 g/mol. The van der Waals surface area contributed by atoms with Crippen LogP contribution < -0.4 is 4.74 Å².